The highest BCUT2D eigenvalue weighted by Gasteiger charge is 2.23. The Morgan fingerprint density at radius 2 is 1.90 bits per heavy atom. The molecule has 1 unspecified atom stereocenters. The van der Waals surface area contributed by atoms with Gasteiger partial charge in [0.25, 0.3) is 10.0 Å². The predicted octanol–water partition coefficient (Wildman–Crippen LogP) is 1.97. The number of likely N-dealkylation sites (N-methyl/N-ethyl adjacent to an activating group) is 1. The van der Waals surface area contributed by atoms with Gasteiger partial charge in [-0.3, -0.25) is 0 Å². The second-order valence-electron chi connectivity index (χ2n) is 4.56. The molecule has 6 heteroatoms. The molecule has 0 amide bonds. The van der Waals surface area contributed by atoms with Crippen LogP contribution in [0, 0.1) is 0 Å². The van der Waals surface area contributed by atoms with E-state index in [2.05, 4.69) is 0 Å². The van der Waals surface area contributed by atoms with E-state index in [-0.39, 0.29) is 6.54 Å². The SMILES string of the molecule is CN(CC(O)Cc1ccccc1)S(=O)(=O)c1cccs1. The van der Waals surface area contributed by atoms with Crippen LogP contribution in [0.15, 0.2) is 52.1 Å². The zero-order valence-corrected chi connectivity index (χ0v) is 12.8. The lowest BCUT2D eigenvalue weighted by atomic mass is 10.1. The van der Waals surface area contributed by atoms with Gasteiger partial charge < -0.3 is 5.11 Å². The fraction of sp³-hybridized carbons (Fsp3) is 0.286. The zero-order chi connectivity index (χ0) is 14.6. The van der Waals surface area contributed by atoms with Crippen LogP contribution in [-0.4, -0.2) is 37.5 Å². The van der Waals surface area contributed by atoms with E-state index in [0.717, 1.165) is 5.56 Å². The first kappa shape index (κ1) is 15.2. The summed E-state index contributed by atoms with van der Waals surface area (Å²) in [7, 11) is -2.00. The first-order valence-corrected chi connectivity index (χ1v) is 8.54. The smallest absolute Gasteiger partial charge is 0.252 e. The van der Waals surface area contributed by atoms with Crippen molar-refractivity contribution < 1.29 is 13.5 Å². The molecule has 0 spiro atoms. The Labute approximate surface area is 123 Å². The number of sulfonamides is 1. The maximum Gasteiger partial charge on any atom is 0.252 e. The lowest BCUT2D eigenvalue weighted by molar-refractivity contribution is 0.153. The molecule has 4 nitrogen and oxygen atoms in total. The third kappa shape index (κ3) is 3.67. The van der Waals surface area contributed by atoms with E-state index in [4.69, 9.17) is 0 Å². The first-order chi connectivity index (χ1) is 9.50. The molecule has 1 atom stereocenters. The summed E-state index contributed by atoms with van der Waals surface area (Å²) < 4.78 is 25.9. The van der Waals surface area contributed by atoms with Crippen molar-refractivity contribution in [3.63, 3.8) is 0 Å². The van der Waals surface area contributed by atoms with E-state index < -0.39 is 16.1 Å². The van der Waals surface area contributed by atoms with Crippen LogP contribution >= 0.6 is 11.3 Å². The van der Waals surface area contributed by atoms with Crippen molar-refractivity contribution in [3.8, 4) is 0 Å². The van der Waals surface area contributed by atoms with Gasteiger partial charge in [0.15, 0.2) is 0 Å². The number of hydrogen-bond donors (Lipinski definition) is 1. The third-order valence-corrected chi connectivity index (χ3v) is 6.14. The number of benzene rings is 1. The van der Waals surface area contributed by atoms with E-state index in [1.54, 1.807) is 17.5 Å². The van der Waals surface area contributed by atoms with Crippen LogP contribution in [0.1, 0.15) is 5.56 Å². The Hall–Kier alpha value is -1.21. The molecule has 20 heavy (non-hydrogen) atoms. The Balaban J connectivity index is 1.99. The second-order valence-corrected chi connectivity index (χ2v) is 7.78. The van der Waals surface area contributed by atoms with Gasteiger partial charge in [0.05, 0.1) is 6.10 Å². The van der Waals surface area contributed by atoms with Gasteiger partial charge in [0.2, 0.25) is 0 Å². The molecule has 0 saturated carbocycles. The number of nitrogens with zero attached hydrogens (tertiary/aromatic N) is 1. The minimum Gasteiger partial charge on any atom is -0.391 e. The highest BCUT2D eigenvalue weighted by molar-refractivity contribution is 7.91. The average molecular weight is 311 g/mol. The van der Waals surface area contributed by atoms with Crippen LogP contribution in [0.4, 0.5) is 0 Å². The van der Waals surface area contributed by atoms with Gasteiger partial charge in [0.1, 0.15) is 4.21 Å². The van der Waals surface area contributed by atoms with Crippen molar-refractivity contribution in [2.24, 2.45) is 0 Å². The van der Waals surface area contributed by atoms with Crippen LogP contribution in [-0.2, 0) is 16.4 Å². The topological polar surface area (TPSA) is 57.6 Å². The number of aliphatic hydroxyl groups excluding tert-OH is 1. The summed E-state index contributed by atoms with van der Waals surface area (Å²) in [5.74, 6) is 0. The molecule has 1 aromatic heterocycles. The number of aliphatic hydroxyl groups is 1. The Morgan fingerprint density at radius 3 is 2.50 bits per heavy atom. The maximum absolute atomic E-state index is 12.2. The highest BCUT2D eigenvalue weighted by atomic mass is 32.2. The van der Waals surface area contributed by atoms with E-state index in [0.29, 0.717) is 10.6 Å². The van der Waals surface area contributed by atoms with E-state index >= 15 is 0 Å². The molecule has 0 fully saturated rings. The summed E-state index contributed by atoms with van der Waals surface area (Å²) in [6, 6.07) is 12.8. The molecule has 0 aliphatic rings. The molecule has 2 aromatic rings. The molecule has 108 valence electrons. The van der Waals surface area contributed by atoms with E-state index in [1.807, 2.05) is 30.3 Å². The second kappa shape index (κ2) is 6.49. The molecular formula is C14H17NO3S2. The van der Waals surface area contributed by atoms with Gasteiger partial charge in [0, 0.05) is 13.6 Å². The van der Waals surface area contributed by atoms with Crippen LogP contribution < -0.4 is 0 Å². The average Bonchev–Trinajstić information content (AvgIpc) is 2.94. The van der Waals surface area contributed by atoms with Crippen molar-refractivity contribution in [3.05, 3.63) is 53.4 Å². The lowest BCUT2D eigenvalue weighted by Gasteiger charge is -2.19. The number of rotatable bonds is 6. The van der Waals surface area contributed by atoms with Crippen LogP contribution in [0.25, 0.3) is 0 Å². The third-order valence-electron chi connectivity index (χ3n) is 2.94. The molecule has 0 radical (unpaired) electrons. The Bertz CT molecular complexity index is 624. The summed E-state index contributed by atoms with van der Waals surface area (Å²) in [5, 5.41) is 11.8. The molecule has 1 aromatic carbocycles. The molecule has 2 rings (SSSR count). The number of thiophene rings is 1. The zero-order valence-electron chi connectivity index (χ0n) is 11.1. The molecule has 0 saturated heterocycles. The minimum absolute atomic E-state index is 0.0785. The maximum atomic E-state index is 12.2. The summed E-state index contributed by atoms with van der Waals surface area (Å²) in [6.45, 7) is 0.0785. The molecular weight excluding hydrogens is 294 g/mol. The minimum atomic E-state index is -3.49. The first-order valence-electron chi connectivity index (χ1n) is 6.22. The fourth-order valence-corrected chi connectivity index (χ4v) is 4.32. The highest BCUT2D eigenvalue weighted by Crippen LogP contribution is 2.20. The fourth-order valence-electron chi connectivity index (χ4n) is 1.91. The standard InChI is InChI=1S/C14H17NO3S2/c1-15(20(17,18)14-8-5-9-19-14)11-13(16)10-12-6-3-2-4-7-12/h2-9,13,16H,10-11H2,1H3. The largest absolute Gasteiger partial charge is 0.391 e. The molecule has 1 heterocycles. The van der Waals surface area contributed by atoms with Gasteiger partial charge >= 0.3 is 0 Å². The summed E-state index contributed by atoms with van der Waals surface area (Å²) in [5.41, 5.74) is 0.988. The van der Waals surface area contributed by atoms with Crippen molar-refractivity contribution in [2.75, 3.05) is 13.6 Å². The molecule has 0 aliphatic carbocycles. The normalized spacial score (nSPS) is 13.6. The van der Waals surface area contributed by atoms with Gasteiger partial charge in [-0.2, -0.15) is 4.31 Å². The van der Waals surface area contributed by atoms with Crippen LogP contribution in [0.2, 0.25) is 0 Å². The van der Waals surface area contributed by atoms with E-state index in [9.17, 15) is 13.5 Å². The van der Waals surface area contributed by atoms with Gasteiger partial charge in [-0.25, -0.2) is 8.42 Å². The Kier molecular flexibility index (Phi) is 4.93. The molecule has 0 aliphatic heterocycles. The monoisotopic (exact) mass is 311 g/mol. The molecule has 0 bridgehead atoms. The van der Waals surface area contributed by atoms with Gasteiger partial charge in [-0.1, -0.05) is 36.4 Å². The summed E-state index contributed by atoms with van der Waals surface area (Å²) in [6.07, 6.45) is -0.289. The Morgan fingerprint density at radius 1 is 1.20 bits per heavy atom. The lowest BCUT2D eigenvalue weighted by Crippen LogP contribution is -2.34. The van der Waals surface area contributed by atoms with Crippen molar-refractivity contribution in [2.45, 2.75) is 16.7 Å². The number of hydrogen-bond acceptors (Lipinski definition) is 4. The van der Waals surface area contributed by atoms with E-state index in [1.165, 1.54) is 22.7 Å². The summed E-state index contributed by atoms with van der Waals surface area (Å²) in [4.78, 5) is 0. The quantitative estimate of drug-likeness (QED) is 0.887. The van der Waals surface area contributed by atoms with Crippen LogP contribution in [0.5, 0.6) is 0 Å². The van der Waals surface area contributed by atoms with Crippen molar-refractivity contribution >= 4 is 21.4 Å². The van der Waals surface area contributed by atoms with Gasteiger partial charge in [-0.05, 0) is 23.4 Å². The van der Waals surface area contributed by atoms with Crippen molar-refractivity contribution in [1.82, 2.24) is 4.31 Å². The van der Waals surface area contributed by atoms with Crippen molar-refractivity contribution in [1.29, 1.82) is 0 Å². The van der Waals surface area contributed by atoms with Crippen LogP contribution in [0.3, 0.4) is 0 Å². The van der Waals surface area contributed by atoms with Gasteiger partial charge in [-0.15, -0.1) is 11.3 Å². The molecule has 1 N–H and O–H groups in total. The predicted molar refractivity (Wildman–Crippen MR) is 80.3 cm³/mol. The summed E-state index contributed by atoms with van der Waals surface area (Å²) >= 11 is 1.18.